The number of nitrogens with zero attached hydrogens (tertiary/aromatic N) is 6. The van der Waals surface area contributed by atoms with Crippen molar-refractivity contribution in [3.8, 4) is 23.3 Å². The molecule has 0 amide bonds. The SMILES string of the molecule is N#Cc1c(NS(=O)(=O)N2CC[C@@H](F)C2)ccc(F)c1Oc1ccc2ncn(-c3ccc(N4CCNCC4)nc3)c(=O)c2c1. The molecule has 2 fully saturated rings. The third kappa shape index (κ3) is 5.72. The van der Waals surface area contributed by atoms with E-state index in [2.05, 4.69) is 24.9 Å². The maximum atomic E-state index is 14.9. The molecule has 1 atom stereocenters. The fourth-order valence-corrected chi connectivity index (χ4v) is 6.31. The number of anilines is 2. The van der Waals surface area contributed by atoms with Gasteiger partial charge < -0.3 is 15.0 Å². The molecule has 2 N–H and O–H groups in total. The molecule has 6 rings (SSSR count). The number of halogens is 2. The number of piperazine rings is 1. The Hall–Kier alpha value is -4.65. The second-order valence-electron chi connectivity index (χ2n) is 10.1. The minimum atomic E-state index is -4.20. The van der Waals surface area contributed by atoms with Gasteiger partial charge in [-0.3, -0.25) is 14.1 Å². The highest BCUT2D eigenvalue weighted by molar-refractivity contribution is 7.90. The van der Waals surface area contributed by atoms with Gasteiger partial charge in [0.1, 0.15) is 35.7 Å². The molecule has 222 valence electrons. The van der Waals surface area contributed by atoms with Crippen LogP contribution in [0, 0.1) is 17.1 Å². The highest BCUT2D eigenvalue weighted by atomic mass is 32.2. The Kier molecular flexibility index (Phi) is 7.65. The second kappa shape index (κ2) is 11.6. The van der Waals surface area contributed by atoms with Crippen LogP contribution in [0.25, 0.3) is 16.6 Å². The summed E-state index contributed by atoms with van der Waals surface area (Å²) in [5.41, 5.74) is -0.217. The summed E-state index contributed by atoms with van der Waals surface area (Å²) in [4.78, 5) is 24.5. The van der Waals surface area contributed by atoms with Crippen molar-refractivity contribution in [3.05, 3.63) is 76.7 Å². The van der Waals surface area contributed by atoms with E-state index < -0.39 is 39.1 Å². The van der Waals surface area contributed by atoms with Crippen molar-refractivity contribution < 1.29 is 21.9 Å². The van der Waals surface area contributed by atoms with Crippen LogP contribution in [0.4, 0.5) is 20.3 Å². The fraction of sp³-hybridized carbons (Fsp3) is 0.286. The predicted molar refractivity (Wildman–Crippen MR) is 155 cm³/mol. The zero-order valence-corrected chi connectivity index (χ0v) is 23.5. The largest absolute Gasteiger partial charge is 0.453 e. The molecule has 0 radical (unpaired) electrons. The monoisotopic (exact) mass is 608 g/mol. The lowest BCUT2D eigenvalue weighted by Crippen LogP contribution is -2.43. The van der Waals surface area contributed by atoms with Gasteiger partial charge in [0.2, 0.25) is 0 Å². The Morgan fingerprint density at radius 3 is 2.60 bits per heavy atom. The van der Waals surface area contributed by atoms with E-state index in [1.165, 1.54) is 29.1 Å². The molecule has 2 aliphatic heterocycles. The number of rotatable bonds is 7. The first kappa shape index (κ1) is 28.5. The molecule has 2 aromatic carbocycles. The van der Waals surface area contributed by atoms with Crippen LogP contribution in [0.5, 0.6) is 11.5 Å². The standard InChI is InChI=1S/C28H26F2N8O4S/c29-18-7-10-37(16-18)43(40,41)35-25-5-3-23(30)27(22(25)14-31)42-20-2-4-24-21(13-20)28(39)38(17-34-24)19-1-6-26(33-15-19)36-11-8-32-9-12-36/h1-6,13,15,17-18,32,35H,7-12,16H2/t18-/m1/s1. The third-order valence-electron chi connectivity index (χ3n) is 7.29. The van der Waals surface area contributed by atoms with E-state index in [1.807, 2.05) is 6.07 Å². The molecule has 4 aromatic rings. The van der Waals surface area contributed by atoms with Crippen LogP contribution >= 0.6 is 0 Å². The van der Waals surface area contributed by atoms with E-state index in [0.29, 0.717) is 11.2 Å². The van der Waals surface area contributed by atoms with Crippen LogP contribution in [-0.2, 0) is 10.2 Å². The Labute approximate surface area is 245 Å². The minimum absolute atomic E-state index is 0.0200. The molecule has 0 aliphatic carbocycles. The van der Waals surface area contributed by atoms with Gasteiger partial charge in [0.05, 0.1) is 28.5 Å². The molecule has 2 aliphatic rings. The van der Waals surface area contributed by atoms with Crippen molar-refractivity contribution in [2.45, 2.75) is 12.6 Å². The van der Waals surface area contributed by atoms with Crippen molar-refractivity contribution in [2.24, 2.45) is 0 Å². The smallest absolute Gasteiger partial charge is 0.301 e. The van der Waals surface area contributed by atoms with Crippen LogP contribution in [0.1, 0.15) is 12.0 Å². The van der Waals surface area contributed by atoms with E-state index in [-0.39, 0.29) is 36.3 Å². The number of alkyl halides is 1. The summed E-state index contributed by atoms with van der Waals surface area (Å²) in [7, 11) is -4.20. The van der Waals surface area contributed by atoms with E-state index in [1.54, 1.807) is 18.3 Å². The van der Waals surface area contributed by atoms with Crippen LogP contribution in [0.3, 0.4) is 0 Å². The number of nitrogens with one attached hydrogen (secondary N) is 2. The second-order valence-corrected chi connectivity index (χ2v) is 11.7. The maximum Gasteiger partial charge on any atom is 0.301 e. The summed E-state index contributed by atoms with van der Waals surface area (Å²) in [6, 6.07) is 11.8. The van der Waals surface area contributed by atoms with Gasteiger partial charge in [-0.2, -0.15) is 18.0 Å². The van der Waals surface area contributed by atoms with Gasteiger partial charge in [-0.1, -0.05) is 0 Å². The first-order valence-electron chi connectivity index (χ1n) is 13.5. The van der Waals surface area contributed by atoms with Gasteiger partial charge in [-0.15, -0.1) is 0 Å². The summed E-state index contributed by atoms with van der Waals surface area (Å²) in [5, 5.41) is 13.3. The lowest BCUT2D eigenvalue weighted by atomic mass is 10.1. The maximum absolute atomic E-state index is 14.9. The number of aromatic nitrogens is 3. The first-order valence-corrected chi connectivity index (χ1v) is 14.9. The molecule has 0 unspecified atom stereocenters. The molecule has 2 aromatic heterocycles. The highest BCUT2D eigenvalue weighted by Crippen LogP contribution is 2.34. The number of nitriles is 1. The van der Waals surface area contributed by atoms with E-state index in [9.17, 15) is 27.3 Å². The van der Waals surface area contributed by atoms with Crippen LogP contribution in [0.2, 0.25) is 0 Å². The average Bonchev–Trinajstić information content (AvgIpc) is 3.47. The highest BCUT2D eigenvalue weighted by Gasteiger charge is 2.32. The molecule has 0 saturated carbocycles. The molecule has 0 spiro atoms. The van der Waals surface area contributed by atoms with Crippen molar-refractivity contribution in [1.29, 1.82) is 5.26 Å². The van der Waals surface area contributed by atoms with Crippen molar-refractivity contribution in [3.63, 3.8) is 0 Å². The molecule has 15 heteroatoms. The summed E-state index contributed by atoms with van der Waals surface area (Å²) in [6.45, 7) is 3.03. The normalized spacial score (nSPS) is 17.6. The zero-order valence-electron chi connectivity index (χ0n) is 22.7. The Morgan fingerprint density at radius 1 is 1.09 bits per heavy atom. The van der Waals surface area contributed by atoms with E-state index >= 15 is 0 Å². The van der Waals surface area contributed by atoms with Gasteiger partial charge in [0, 0.05) is 39.3 Å². The number of fused-ring (bicyclic) bond motifs is 1. The van der Waals surface area contributed by atoms with Gasteiger partial charge >= 0.3 is 10.2 Å². The number of hydrogen-bond donors (Lipinski definition) is 2. The zero-order chi connectivity index (χ0) is 30.1. The topological polar surface area (TPSA) is 145 Å². The lowest BCUT2D eigenvalue weighted by molar-refractivity contribution is 0.343. The number of hydrogen-bond acceptors (Lipinski definition) is 9. The number of benzene rings is 2. The summed E-state index contributed by atoms with van der Waals surface area (Å²) >= 11 is 0. The molecule has 43 heavy (non-hydrogen) atoms. The van der Waals surface area contributed by atoms with Crippen LogP contribution in [-0.4, -0.2) is 72.7 Å². The van der Waals surface area contributed by atoms with Gasteiger partial charge in [-0.25, -0.2) is 18.7 Å². The molecular formula is C28H26F2N8O4S. The Bertz CT molecular complexity index is 1890. The summed E-state index contributed by atoms with van der Waals surface area (Å²) < 4.78 is 64.2. The lowest BCUT2D eigenvalue weighted by Gasteiger charge is -2.28. The summed E-state index contributed by atoms with van der Waals surface area (Å²) in [5.74, 6) is -0.645. The van der Waals surface area contributed by atoms with Crippen molar-refractivity contribution >= 4 is 32.6 Å². The molecular weight excluding hydrogens is 582 g/mol. The Balaban J connectivity index is 1.30. The Morgan fingerprint density at radius 2 is 1.91 bits per heavy atom. The van der Waals surface area contributed by atoms with Gasteiger partial charge in [-0.05, 0) is 48.9 Å². The van der Waals surface area contributed by atoms with Gasteiger partial charge in [0.15, 0.2) is 11.6 Å². The van der Waals surface area contributed by atoms with Crippen molar-refractivity contribution in [2.75, 3.05) is 48.9 Å². The molecule has 0 bridgehead atoms. The fourth-order valence-electron chi connectivity index (χ4n) is 5.03. The van der Waals surface area contributed by atoms with Crippen LogP contribution < -0.4 is 25.2 Å². The molecule has 2 saturated heterocycles. The third-order valence-corrected chi connectivity index (χ3v) is 8.78. The summed E-state index contributed by atoms with van der Waals surface area (Å²) in [6.07, 6.45) is 1.74. The van der Waals surface area contributed by atoms with Gasteiger partial charge in [0.25, 0.3) is 5.56 Å². The predicted octanol–water partition coefficient (Wildman–Crippen LogP) is 2.69. The first-order chi connectivity index (χ1) is 20.7. The van der Waals surface area contributed by atoms with E-state index in [0.717, 1.165) is 48.4 Å². The number of pyridine rings is 1. The number of ether oxygens (including phenoxy) is 1. The minimum Gasteiger partial charge on any atom is -0.453 e. The quantitative estimate of drug-likeness (QED) is 0.323. The van der Waals surface area contributed by atoms with E-state index in [4.69, 9.17) is 4.74 Å². The van der Waals surface area contributed by atoms with Crippen LogP contribution in [0.15, 0.2) is 59.8 Å². The molecule has 4 heterocycles. The average molecular weight is 609 g/mol. The molecule has 12 nitrogen and oxygen atoms in total. The van der Waals surface area contributed by atoms with Crippen molar-refractivity contribution in [1.82, 2.24) is 24.2 Å².